The molecule has 4 rings (SSSR count). The van der Waals surface area contributed by atoms with Crippen LogP contribution in [0.15, 0.2) is 6.07 Å². The molecule has 122 valence electrons. The van der Waals surface area contributed by atoms with Gasteiger partial charge in [-0.1, -0.05) is 6.42 Å². The van der Waals surface area contributed by atoms with Gasteiger partial charge in [0.2, 0.25) is 0 Å². The summed E-state index contributed by atoms with van der Waals surface area (Å²) in [6, 6.07) is 1.99. The molecule has 0 spiro atoms. The number of carbonyl (C=O) groups excluding carboxylic acids is 1. The molecule has 2 aromatic heterocycles. The minimum absolute atomic E-state index is 0.0194. The second-order valence-corrected chi connectivity index (χ2v) is 7.68. The predicted molar refractivity (Wildman–Crippen MR) is 89.8 cm³/mol. The molecule has 6 heteroatoms. The fraction of sp³-hybridized carbons (Fsp3) is 0.588. The molecule has 1 aliphatic carbocycles. The van der Waals surface area contributed by atoms with Crippen molar-refractivity contribution in [1.29, 1.82) is 0 Å². The number of hydrogen-bond acceptors (Lipinski definition) is 4. The molecule has 5 nitrogen and oxygen atoms in total. The monoisotopic (exact) mass is 330 g/mol. The topological polar surface area (TPSA) is 59.8 Å². The number of aromatic nitrogens is 3. The van der Waals surface area contributed by atoms with E-state index in [1.807, 2.05) is 6.92 Å². The molecule has 23 heavy (non-hydrogen) atoms. The van der Waals surface area contributed by atoms with Gasteiger partial charge < -0.3 is 9.88 Å². The van der Waals surface area contributed by atoms with Crippen molar-refractivity contribution in [2.45, 2.75) is 64.5 Å². The Balaban J connectivity index is 1.49. The normalized spacial score (nSPS) is 18.1. The molecular weight excluding hydrogens is 308 g/mol. The summed E-state index contributed by atoms with van der Waals surface area (Å²) in [5.41, 5.74) is 1.38. The lowest BCUT2D eigenvalue weighted by Gasteiger charge is -2.13. The van der Waals surface area contributed by atoms with Crippen molar-refractivity contribution in [3.63, 3.8) is 0 Å². The summed E-state index contributed by atoms with van der Waals surface area (Å²) in [6.07, 6.45) is 8.15. The number of hydrogen-bond donors (Lipinski definition) is 1. The largest absolute Gasteiger partial charge is 0.342 e. The second-order valence-electron chi connectivity index (χ2n) is 6.54. The molecule has 0 bridgehead atoms. The van der Waals surface area contributed by atoms with E-state index in [1.165, 1.54) is 29.7 Å². The van der Waals surface area contributed by atoms with Gasteiger partial charge in [0.15, 0.2) is 5.82 Å². The maximum Gasteiger partial charge on any atom is 0.261 e. The summed E-state index contributed by atoms with van der Waals surface area (Å²) in [5, 5.41) is 11.6. The average Bonchev–Trinajstić information content (AvgIpc) is 3.19. The Kier molecular flexibility index (Phi) is 3.93. The van der Waals surface area contributed by atoms with Crippen LogP contribution < -0.4 is 5.32 Å². The van der Waals surface area contributed by atoms with Gasteiger partial charge in [0.1, 0.15) is 5.82 Å². The van der Waals surface area contributed by atoms with Gasteiger partial charge in [0, 0.05) is 17.8 Å². The zero-order valence-electron chi connectivity index (χ0n) is 13.5. The summed E-state index contributed by atoms with van der Waals surface area (Å²) in [4.78, 5) is 14.8. The molecule has 2 aliphatic rings. The Morgan fingerprint density at radius 2 is 2.09 bits per heavy atom. The number of aryl methyl sites for hydroxylation is 3. The first-order valence-electron chi connectivity index (χ1n) is 8.57. The fourth-order valence-electron chi connectivity index (χ4n) is 3.61. The summed E-state index contributed by atoms with van der Waals surface area (Å²) in [7, 11) is 0. The molecule has 0 fully saturated rings. The van der Waals surface area contributed by atoms with E-state index >= 15 is 0 Å². The smallest absolute Gasteiger partial charge is 0.261 e. The molecule has 0 aromatic carbocycles. The van der Waals surface area contributed by atoms with Gasteiger partial charge in [-0.3, -0.25) is 4.79 Å². The second kappa shape index (κ2) is 6.07. The van der Waals surface area contributed by atoms with Gasteiger partial charge in [0.25, 0.3) is 5.91 Å². The van der Waals surface area contributed by atoms with Crippen LogP contribution in [0.1, 0.15) is 70.4 Å². The van der Waals surface area contributed by atoms with E-state index in [1.54, 1.807) is 11.3 Å². The zero-order valence-corrected chi connectivity index (χ0v) is 14.3. The van der Waals surface area contributed by atoms with E-state index in [-0.39, 0.29) is 11.9 Å². The molecule has 0 saturated carbocycles. The summed E-state index contributed by atoms with van der Waals surface area (Å²) < 4.78 is 2.15. The minimum Gasteiger partial charge on any atom is -0.342 e. The van der Waals surface area contributed by atoms with Crippen LogP contribution in [0.25, 0.3) is 0 Å². The lowest BCUT2D eigenvalue weighted by molar-refractivity contribution is 0.0941. The van der Waals surface area contributed by atoms with Crippen molar-refractivity contribution in [3.05, 3.63) is 33.0 Å². The van der Waals surface area contributed by atoms with Gasteiger partial charge in [-0.25, -0.2) is 0 Å². The highest BCUT2D eigenvalue weighted by Crippen LogP contribution is 2.29. The summed E-state index contributed by atoms with van der Waals surface area (Å²) >= 11 is 1.67. The van der Waals surface area contributed by atoms with Crippen LogP contribution in [0.5, 0.6) is 0 Å². The molecule has 1 atom stereocenters. The predicted octanol–water partition coefficient (Wildman–Crippen LogP) is 3.05. The maximum absolute atomic E-state index is 12.6. The Morgan fingerprint density at radius 1 is 1.22 bits per heavy atom. The van der Waals surface area contributed by atoms with E-state index in [2.05, 4.69) is 26.1 Å². The SMILES string of the molecule is C[C@H](NC(=O)c1cc2c(s1)CCCCC2)c1nnc2n1CCC2. The number of nitrogens with zero attached hydrogens (tertiary/aromatic N) is 3. The summed E-state index contributed by atoms with van der Waals surface area (Å²) in [5.74, 6) is 1.94. The molecule has 1 N–H and O–H groups in total. The van der Waals surface area contributed by atoms with E-state index in [9.17, 15) is 4.79 Å². The molecule has 1 amide bonds. The maximum atomic E-state index is 12.6. The lowest BCUT2D eigenvalue weighted by atomic mass is 10.1. The molecule has 1 aliphatic heterocycles. The van der Waals surface area contributed by atoms with E-state index in [0.717, 1.165) is 48.8 Å². The number of thiophene rings is 1. The minimum atomic E-state index is -0.108. The van der Waals surface area contributed by atoms with Gasteiger partial charge in [-0.15, -0.1) is 21.5 Å². The highest BCUT2D eigenvalue weighted by Gasteiger charge is 2.24. The van der Waals surface area contributed by atoms with Crippen molar-refractivity contribution in [2.75, 3.05) is 0 Å². The van der Waals surface area contributed by atoms with Crippen molar-refractivity contribution >= 4 is 17.2 Å². The van der Waals surface area contributed by atoms with Crippen molar-refractivity contribution in [3.8, 4) is 0 Å². The van der Waals surface area contributed by atoms with Crippen LogP contribution >= 0.6 is 11.3 Å². The van der Waals surface area contributed by atoms with Crippen LogP contribution in [-0.2, 0) is 25.8 Å². The van der Waals surface area contributed by atoms with Crippen molar-refractivity contribution in [1.82, 2.24) is 20.1 Å². The van der Waals surface area contributed by atoms with Crippen LogP contribution in [0.4, 0.5) is 0 Å². The third-order valence-electron chi connectivity index (χ3n) is 4.84. The van der Waals surface area contributed by atoms with Gasteiger partial charge >= 0.3 is 0 Å². The number of rotatable bonds is 3. The molecular formula is C17H22N4OS. The third kappa shape index (κ3) is 2.80. The quantitative estimate of drug-likeness (QED) is 0.880. The van der Waals surface area contributed by atoms with Crippen LogP contribution in [0.3, 0.4) is 0 Å². The molecule has 0 saturated heterocycles. The van der Waals surface area contributed by atoms with Gasteiger partial charge in [0.05, 0.1) is 10.9 Å². The Hall–Kier alpha value is -1.69. The van der Waals surface area contributed by atoms with Crippen LogP contribution in [0, 0.1) is 0 Å². The van der Waals surface area contributed by atoms with Crippen LogP contribution in [-0.4, -0.2) is 20.7 Å². The Morgan fingerprint density at radius 3 is 3.00 bits per heavy atom. The fourth-order valence-corrected chi connectivity index (χ4v) is 4.76. The van der Waals surface area contributed by atoms with Crippen molar-refractivity contribution < 1.29 is 4.79 Å². The Labute approximate surface area is 140 Å². The van der Waals surface area contributed by atoms with Crippen LogP contribution in [0.2, 0.25) is 0 Å². The molecule has 2 aromatic rings. The Bertz CT molecular complexity index is 710. The summed E-state index contributed by atoms with van der Waals surface area (Å²) in [6.45, 7) is 2.96. The first-order chi connectivity index (χ1) is 11.2. The molecule has 0 radical (unpaired) electrons. The first-order valence-corrected chi connectivity index (χ1v) is 9.38. The van der Waals surface area contributed by atoms with E-state index < -0.39 is 0 Å². The number of nitrogens with one attached hydrogen (secondary N) is 1. The van der Waals surface area contributed by atoms with E-state index in [0.29, 0.717) is 0 Å². The number of fused-ring (bicyclic) bond motifs is 2. The highest BCUT2D eigenvalue weighted by molar-refractivity contribution is 7.14. The standard InChI is InChI=1S/C17H22N4OS/c1-11(16-20-19-15-8-5-9-21(15)16)18-17(22)14-10-12-6-3-2-4-7-13(12)23-14/h10-11H,2-9H2,1H3,(H,18,22)/t11-/m0/s1. The molecule has 3 heterocycles. The third-order valence-corrected chi connectivity index (χ3v) is 6.08. The van der Waals surface area contributed by atoms with Gasteiger partial charge in [-0.05, 0) is 50.7 Å². The zero-order chi connectivity index (χ0) is 15.8. The number of amides is 1. The van der Waals surface area contributed by atoms with Crippen molar-refractivity contribution in [2.24, 2.45) is 0 Å². The highest BCUT2D eigenvalue weighted by atomic mass is 32.1. The lowest BCUT2D eigenvalue weighted by Crippen LogP contribution is -2.28. The molecule has 0 unspecified atom stereocenters. The van der Waals surface area contributed by atoms with Gasteiger partial charge in [-0.2, -0.15) is 0 Å². The average molecular weight is 330 g/mol. The number of carbonyl (C=O) groups is 1. The van der Waals surface area contributed by atoms with E-state index in [4.69, 9.17) is 0 Å². The first kappa shape index (κ1) is 14.9.